The zero-order valence-electron chi connectivity index (χ0n) is 16.1. The molecule has 0 amide bonds. The highest BCUT2D eigenvalue weighted by atomic mass is 32.2. The fourth-order valence-electron chi connectivity index (χ4n) is 2.68. The van der Waals surface area contributed by atoms with Crippen LogP contribution in [0, 0.1) is 30.3 Å². The summed E-state index contributed by atoms with van der Waals surface area (Å²) in [4.78, 5) is 44.2. The standard InChI is InChI=1S/C20H13N3O8S/c24-20(31-12-13-4-3-5-14(10-13)21(25)26)16-6-1-2-7-18(16)32-19-9-8-15(22(27)28)11-17(19)23(29)30/h1-11H,12H2. The first-order valence-electron chi connectivity index (χ1n) is 8.86. The van der Waals surface area contributed by atoms with Gasteiger partial charge in [-0.05, 0) is 23.8 Å². The number of benzene rings is 3. The molecule has 3 aromatic rings. The van der Waals surface area contributed by atoms with E-state index >= 15 is 0 Å². The highest BCUT2D eigenvalue weighted by Crippen LogP contribution is 2.38. The Labute approximate surface area is 184 Å². The molecule has 0 fully saturated rings. The lowest BCUT2D eigenvalue weighted by atomic mass is 10.2. The second-order valence-corrected chi connectivity index (χ2v) is 7.35. The maximum atomic E-state index is 12.6. The van der Waals surface area contributed by atoms with Crippen LogP contribution in [0.1, 0.15) is 15.9 Å². The van der Waals surface area contributed by atoms with Gasteiger partial charge in [-0.2, -0.15) is 0 Å². The smallest absolute Gasteiger partial charge is 0.339 e. The molecule has 0 saturated carbocycles. The molecule has 12 heteroatoms. The third kappa shape index (κ3) is 5.23. The van der Waals surface area contributed by atoms with Crippen molar-refractivity contribution < 1.29 is 24.3 Å². The van der Waals surface area contributed by atoms with Crippen molar-refractivity contribution in [2.24, 2.45) is 0 Å². The molecule has 11 nitrogen and oxygen atoms in total. The minimum absolute atomic E-state index is 0.111. The van der Waals surface area contributed by atoms with Crippen LogP contribution in [0.4, 0.5) is 17.1 Å². The van der Waals surface area contributed by atoms with Crippen LogP contribution < -0.4 is 0 Å². The van der Waals surface area contributed by atoms with Gasteiger partial charge in [0.05, 0.1) is 31.3 Å². The van der Waals surface area contributed by atoms with Gasteiger partial charge in [-0.25, -0.2) is 4.79 Å². The lowest BCUT2D eigenvalue weighted by Gasteiger charge is -2.10. The molecule has 0 unspecified atom stereocenters. The van der Waals surface area contributed by atoms with Gasteiger partial charge < -0.3 is 4.74 Å². The Bertz CT molecular complexity index is 1230. The van der Waals surface area contributed by atoms with Crippen molar-refractivity contribution in [3.63, 3.8) is 0 Å². The maximum absolute atomic E-state index is 12.6. The number of carbonyl (C=O) groups is 1. The van der Waals surface area contributed by atoms with Crippen molar-refractivity contribution in [2.45, 2.75) is 16.4 Å². The molecule has 0 aliphatic carbocycles. The molecule has 32 heavy (non-hydrogen) atoms. The number of rotatable bonds is 8. The summed E-state index contributed by atoms with van der Waals surface area (Å²) >= 11 is 0.892. The van der Waals surface area contributed by atoms with E-state index in [1.165, 1.54) is 30.3 Å². The third-order valence-electron chi connectivity index (χ3n) is 4.17. The summed E-state index contributed by atoms with van der Waals surface area (Å²) in [6.07, 6.45) is 0. The predicted octanol–water partition coefficient (Wildman–Crippen LogP) is 4.92. The molecule has 0 N–H and O–H groups in total. The Morgan fingerprint density at radius 2 is 1.47 bits per heavy atom. The molecule has 0 spiro atoms. The topological polar surface area (TPSA) is 156 Å². The van der Waals surface area contributed by atoms with Crippen molar-refractivity contribution in [3.05, 3.63) is 108 Å². The number of nitro groups is 3. The van der Waals surface area contributed by atoms with Crippen LogP contribution in [-0.4, -0.2) is 20.7 Å². The molecule has 3 rings (SSSR count). The number of nitrogens with zero attached hydrogens (tertiary/aromatic N) is 3. The van der Waals surface area contributed by atoms with E-state index in [9.17, 15) is 35.1 Å². The van der Waals surface area contributed by atoms with E-state index in [-0.39, 0.29) is 22.8 Å². The van der Waals surface area contributed by atoms with Crippen molar-refractivity contribution in [2.75, 3.05) is 0 Å². The first-order valence-corrected chi connectivity index (χ1v) is 9.68. The van der Waals surface area contributed by atoms with Gasteiger partial charge in [0, 0.05) is 23.1 Å². The van der Waals surface area contributed by atoms with Crippen LogP contribution in [0.25, 0.3) is 0 Å². The second-order valence-electron chi connectivity index (χ2n) is 6.27. The molecule has 0 atom stereocenters. The molecule has 0 aromatic heterocycles. The molecule has 0 aliphatic heterocycles. The highest BCUT2D eigenvalue weighted by Gasteiger charge is 2.22. The molecule has 0 bridgehead atoms. The van der Waals surface area contributed by atoms with Crippen LogP contribution in [0.5, 0.6) is 0 Å². The summed E-state index contributed by atoms with van der Waals surface area (Å²) in [5.41, 5.74) is -0.492. The Kier molecular flexibility index (Phi) is 6.75. The Hall–Kier alpha value is -4.32. The molecular formula is C20H13N3O8S. The average molecular weight is 455 g/mol. The van der Waals surface area contributed by atoms with Gasteiger partial charge in [0.2, 0.25) is 0 Å². The fraction of sp³-hybridized carbons (Fsp3) is 0.0500. The van der Waals surface area contributed by atoms with Gasteiger partial charge in [0.15, 0.2) is 0 Å². The summed E-state index contributed by atoms with van der Waals surface area (Å²) in [6.45, 7) is -0.211. The van der Waals surface area contributed by atoms with E-state index in [4.69, 9.17) is 4.74 Å². The summed E-state index contributed by atoms with van der Waals surface area (Å²) < 4.78 is 5.26. The lowest BCUT2D eigenvalue weighted by Crippen LogP contribution is -2.07. The molecule has 0 heterocycles. The Morgan fingerprint density at radius 3 is 2.16 bits per heavy atom. The summed E-state index contributed by atoms with van der Waals surface area (Å²) in [6, 6.07) is 15.1. The van der Waals surface area contributed by atoms with Crippen molar-refractivity contribution in [1.82, 2.24) is 0 Å². The fourth-order valence-corrected chi connectivity index (χ4v) is 3.70. The van der Waals surface area contributed by atoms with Crippen LogP contribution in [-0.2, 0) is 11.3 Å². The number of non-ortho nitro benzene ring substituents is 2. The Balaban J connectivity index is 1.83. The van der Waals surface area contributed by atoms with Crippen molar-refractivity contribution >= 4 is 34.8 Å². The summed E-state index contributed by atoms with van der Waals surface area (Å²) in [5.74, 6) is -0.732. The van der Waals surface area contributed by atoms with Gasteiger partial charge in [0.1, 0.15) is 6.61 Å². The SMILES string of the molecule is O=C(OCc1cccc([N+](=O)[O-])c1)c1ccccc1Sc1ccc([N+](=O)[O-])cc1[N+](=O)[O-]. The van der Waals surface area contributed by atoms with E-state index in [1.54, 1.807) is 24.3 Å². The van der Waals surface area contributed by atoms with Gasteiger partial charge in [-0.15, -0.1) is 0 Å². The van der Waals surface area contributed by atoms with E-state index < -0.39 is 32.1 Å². The maximum Gasteiger partial charge on any atom is 0.339 e. The van der Waals surface area contributed by atoms with E-state index in [0.717, 1.165) is 23.9 Å². The normalized spacial score (nSPS) is 10.4. The molecule has 0 aliphatic rings. The van der Waals surface area contributed by atoms with Gasteiger partial charge >= 0.3 is 5.97 Å². The third-order valence-corrected chi connectivity index (χ3v) is 5.31. The number of esters is 1. The minimum atomic E-state index is -0.738. The quantitative estimate of drug-likeness (QED) is 0.261. The molecule has 3 aromatic carbocycles. The number of hydrogen-bond acceptors (Lipinski definition) is 9. The number of hydrogen-bond donors (Lipinski definition) is 0. The van der Waals surface area contributed by atoms with Crippen LogP contribution in [0.2, 0.25) is 0 Å². The van der Waals surface area contributed by atoms with Gasteiger partial charge in [-0.1, -0.05) is 36.0 Å². The number of nitro benzene ring substituents is 3. The van der Waals surface area contributed by atoms with E-state index in [2.05, 4.69) is 0 Å². The number of ether oxygens (including phenoxy) is 1. The van der Waals surface area contributed by atoms with E-state index in [0.29, 0.717) is 10.5 Å². The van der Waals surface area contributed by atoms with Crippen LogP contribution in [0.3, 0.4) is 0 Å². The lowest BCUT2D eigenvalue weighted by molar-refractivity contribution is -0.396. The van der Waals surface area contributed by atoms with Gasteiger partial charge in [0.25, 0.3) is 17.1 Å². The summed E-state index contributed by atoms with van der Waals surface area (Å²) in [7, 11) is 0. The first kappa shape index (κ1) is 22.4. The zero-order chi connectivity index (χ0) is 23.3. The molecule has 0 radical (unpaired) electrons. The van der Waals surface area contributed by atoms with Crippen molar-refractivity contribution in [1.29, 1.82) is 0 Å². The number of carbonyl (C=O) groups excluding carboxylic acids is 1. The van der Waals surface area contributed by atoms with Gasteiger partial charge in [-0.3, -0.25) is 30.3 Å². The molecule has 0 saturated heterocycles. The van der Waals surface area contributed by atoms with Crippen LogP contribution in [0.15, 0.2) is 76.5 Å². The molecule has 162 valence electrons. The summed E-state index contributed by atoms with van der Waals surface area (Å²) in [5, 5.41) is 33.2. The van der Waals surface area contributed by atoms with Crippen LogP contribution >= 0.6 is 11.8 Å². The highest BCUT2D eigenvalue weighted by molar-refractivity contribution is 7.99. The Morgan fingerprint density at radius 1 is 0.781 bits per heavy atom. The predicted molar refractivity (Wildman–Crippen MR) is 113 cm³/mol. The monoisotopic (exact) mass is 455 g/mol. The van der Waals surface area contributed by atoms with Crippen molar-refractivity contribution in [3.8, 4) is 0 Å². The molecular weight excluding hydrogens is 442 g/mol. The minimum Gasteiger partial charge on any atom is -0.457 e. The average Bonchev–Trinajstić information content (AvgIpc) is 2.78. The van der Waals surface area contributed by atoms with E-state index in [1.807, 2.05) is 0 Å². The second kappa shape index (κ2) is 9.66. The first-order chi connectivity index (χ1) is 15.3. The zero-order valence-corrected chi connectivity index (χ0v) is 16.9. The largest absolute Gasteiger partial charge is 0.457 e.